The molecule has 2 aromatic rings. The zero-order chi connectivity index (χ0) is 17.8. The number of nitrogens with zero attached hydrogens (tertiary/aromatic N) is 3. The first kappa shape index (κ1) is 17.7. The van der Waals surface area contributed by atoms with Gasteiger partial charge < -0.3 is 14.4 Å². The van der Waals surface area contributed by atoms with E-state index in [4.69, 9.17) is 9.47 Å². The van der Waals surface area contributed by atoms with E-state index in [2.05, 4.69) is 9.78 Å². The topological polar surface area (TPSA) is 56.6 Å². The zero-order valence-electron chi connectivity index (χ0n) is 14.9. The quantitative estimate of drug-likeness (QED) is 0.729. The van der Waals surface area contributed by atoms with E-state index in [0.717, 1.165) is 49.7 Å². The van der Waals surface area contributed by atoms with Gasteiger partial charge in [0.1, 0.15) is 0 Å². The van der Waals surface area contributed by atoms with Crippen LogP contribution >= 0.6 is 11.3 Å². The number of hydrogen-bond acceptors (Lipinski definition) is 5. The summed E-state index contributed by atoms with van der Waals surface area (Å²) in [5.74, 6) is 0.729. The number of carbonyl (C=O) groups excluding carboxylic acids is 1. The first-order chi connectivity index (χ1) is 12.8. The Morgan fingerprint density at radius 1 is 1.35 bits per heavy atom. The minimum atomic E-state index is 0.112. The Morgan fingerprint density at radius 3 is 3.04 bits per heavy atom. The first-order valence-corrected chi connectivity index (χ1v) is 10.2. The molecule has 0 bridgehead atoms. The maximum absolute atomic E-state index is 12.7. The predicted octanol–water partition coefficient (Wildman–Crippen LogP) is 2.98. The molecule has 6 nitrogen and oxygen atoms in total. The highest BCUT2D eigenvalue weighted by atomic mass is 32.1. The van der Waals surface area contributed by atoms with Crippen LogP contribution in [0.3, 0.4) is 0 Å². The molecule has 2 aromatic heterocycles. The smallest absolute Gasteiger partial charge is 0.264 e. The van der Waals surface area contributed by atoms with E-state index >= 15 is 0 Å². The van der Waals surface area contributed by atoms with Gasteiger partial charge in [-0.1, -0.05) is 6.07 Å². The lowest BCUT2D eigenvalue weighted by Crippen LogP contribution is -2.41. The van der Waals surface area contributed by atoms with Crippen LogP contribution in [0.15, 0.2) is 29.8 Å². The molecule has 1 fully saturated rings. The number of aromatic nitrogens is 2. The number of amides is 1. The lowest BCUT2D eigenvalue weighted by molar-refractivity contribution is 0.0156. The monoisotopic (exact) mass is 375 g/mol. The number of hydrogen-bond donors (Lipinski definition) is 0. The minimum absolute atomic E-state index is 0.112. The van der Waals surface area contributed by atoms with Crippen LogP contribution in [0.1, 0.15) is 40.7 Å². The fourth-order valence-electron chi connectivity index (χ4n) is 3.69. The summed E-state index contributed by atoms with van der Waals surface area (Å²) in [5, 5.41) is 6.42. The molecule has 140 valence electrons. The Labute approximate surface area is 157 Å². The molecule has 0 N–H and O–H groups in total. The van der Waals surface area contributed by atoms with Crippen molar-refractivity contribution in [3.8, 4) is 0 Å². The third-order valence-electron chi connectivity index (χ3n) is 5.19. The molecule has 0 aliphatic carbocycles. The maximum Gasteiger partial charge on any atom is 0.264 e. The van der Waals surface area contributed by atoms with E-state index in [9.17, 15) is 4.79 Å². The summed E-state index contributed by atoms with van der Waals surface area (Å²) in [6.07, 6.45) is 4.88. The lowest BCUT2D eigenvalue weighted by atomic mass is 10.0. The second-order valence-corrected chi connectivity index (χ2v) is 7.95. The van der Waals surface area contributed by atoms with E-state index in [-0.39, 0.29) is 11.9 Å². The molecule has 0 spiro atoms. The molecule has 2 aliphatic heterocycles. The summed E-state index contributed by atoms with van der Waals surface area (Å²) in [4.78, 5) is 15.5. The molecule has 26 heavy (non-hydrogen) atoms. The normalized spacial score (nSPS) is 20.9. The molecule has 1 atom stereocenters. The summed E-state index contributed by atoms with van der Waals surface area (Å²) in [6.45, 7) is 4.52. The summed E-state index contributed by atoms with van der Waals surface area (Å²) >= 11 is 1.50. The average molecular weight is 375 g/mol. The van der Waals surface area contributed by atoms with Crippen molar-refractivity contribution in [3.05, 3.63) is 40.3 Å². The van der Waals surface area contributed by atoms with E-state index in [1.807, 2.05) is 34.7 Å². The third-order valence-corrected chi connectivity index (χ3v) is 6.05. The average Bonchev–Trinajstić information content (AvgIpc) is 3.37. The maximum atomic E-state index is 12.7. The number of ether oxygens (including phenoxy) is 2. The van der Waals surface area contributed by atoms with Crippen molar-refractivity contribution >= 4 is 17.2 Å². The van der Waals surface area contributed by atoms with Crippen LogP contribution < -0.4 is 0 Å². The highest BCUT2D eigenvalue weighted by molar-refractivity contribution is 7.12. The molecule has 1 amide bonds. The lowest BCUT2D eigenvalue weighted by Gasteiger charge is -2.34. The summed E-state index contributed by atoms with van der Waals surface area (Å²) < 4.78 is 13.4. The van der Waals surface area contributed by atoms with E-state index in [1.165, 1.54) is 11.3 Å². The number of carbonyl (C=O) groups is 1. The van der Waals surface area contributed by atoms with Gasteiger partial charge in [0.25, 0.3) is 5.91 Å². The van der Waals surface area contributed by atoms with Crippen LogP contribution in [-0.2, 0) is 16.0 Å². The Balaban J connectivity index is 1.33. The van der Waals surface area contributed by atoms with Crippen molar-refractivity contribution in [1.82, 2.24) is 14.7 Å². The Kier molecular flexibility index (Phi) is 5.67. The van der Waals surface area contributed by atoms with Gasteiger partial charge in [-0.05, 0) is 42.7 Å². The van der Waals surface area contributed by atoms with E-state index in [1.54, 1.807) is 0 Å². The second-order valence-electron chi connectivity index (χ2n) is 7.00. The van der Waals surface area contributed by atoms with Gasteiger partial charge in [-0.3, -0.25) is 9.48 Å². The van der Waals surface area contributed by atoms with Gasteiger partial charge in [0.05, 0.1) is 23.2 Å². The standard InChI is InChI=1S/C19H25N3O3S/c23-19(18-2-1-11-26-18)21-12-16-3-7-20-22(16)17(13-21)6-10-25-14-15-4-8-24-9-5-15/h1-3,7,11,15,17H,4-6,8-10,12-14H2/t17-/m0/s1. The number of fused-ring (bicyclic) bond motifs is 1. The largest absolute Gasteiger partial charge is 0.381 e. The number of thiophene rings is 1. The molecule has 7 heteroatoms. The van der Waals surface area contributed by atoms with E-state index in [0.29, 0.717) is 25.6 Å². The zero-order valence-corrected chi connectivity index (χ0v) is 15.7. The predicted molar refractivity (Wildman–Crippen MR) is 99.3 cm³/mol. The summed E-state index contributed by atoms with van der Waals surface area (Å²) in [7, 11) is 0. The molecule has 2 aliphatic rings. The van der Waals surface area contributed by atoms with Crippen molar-refractivity contribution in [3.63, 3.8) is 0 Å². The first-order valence-electron chi connectivity index (χ1n) is 9.32. The molecule has 1 saturated heterocycles. The fourth-order valence-corrected chi connectivity index (χ4v) is 4.39. The van der Waals surface area contributed by atoms with Crippen LogP contribution in [-0.4, -0.2) is 53.6 Å². The van der Waals surface area contributed by atoms with Crippen molar-refractivity contribution < 1.29 is 14.3 Å². The van der Waals surface area contributed by atoms with Crippen LogP contribution in [0.5, 0.6) is 0 Å². The van der Waals surface area contributed by atoms with Gasteiger partial charge in [-0.15, -0.1) is 11.3 Å². The molecule has 4 rings (SSSR count). The van der Waals surface area contributed by atoms with Gasteiger partial charge in [-0.25, -0.2) is 0 Å². The molecule has 0 radical (unpaired) electrons. The van der Waals surface area contributed by atoms with Crippen LogP contribution in [0.4, 0.5) is 0 Å². The Bertz CT molecular complexity index is 709. The highest BCUT2D eigenvalue weighted by Gasteiger charge is 2.29. The Morgan fingerprint density at radius 2 is 2.23 bits per heavy atom. The van der Waals surface area contributed by atoms with Gasteiger partial charge in [0.15, 0.2) is 0 Å². The second kappa shape index (κ2) is 8.33. The molecule has 0 saturated carbocycles. The summed E-state index contributed by atoms with van der Waals surface area (Å²) in [6, 6.07) is 6.00. The van der Waals surface area contributed by atoms with Crippen molar-refractivity contribution in [2.75, 3.05) is 33.0 Å². The molecular weight excluding hydrogens is 350 g/mol. The molecule has 4 heterocycles. The van der Waals surface area contributed by atoms with Crippen molar-refractivity contribution in [2.45, 2.75) is 31.8 Å². The van der Waals surface area contributed by atoms with Crippen molar-refractivity contribution in [1.29, 1.82) is 0 Å². The third kappa shape index (κ3) is 4.00. The van der Waals surface area contributed by atoms with Crippen LogP contribution in [0.25, 0.3) is 0 Å². The Hall–Kier alpha value is -1.70. The number of rotatable bonds is 6. The molecule has 0 unspecified atom stereocenters. The van der Waals surface area contributed by atoms with Crippen LogP contribution in [0, 0.1) is 5.92 Å². The molecule has 0 aromatic carbocycles. The fraction of sp³-hybridized carbons (Fsp3) is 0.579. The van der Waals surface area contributed by atoms with Crippen molar-refractivity contribution in [2.24, 2.45) is 5.92 Å². The van der Waals surface area contributed by atoms with Gasteiger partial charge >= 0.3 is 0 Å². The van der Waals surface area contributed by atoms with Crippen LogP contribution in [0.2, 0.25) is 0 Å². The van der Waals surface area contributed by atoms with E-state index < -0.39 is 0 Å². The summed E-state index contributed by atoms with van der Waals surface area (Å²) in [5.41, 5.74) is 1.09. The SMILES string of the molecule is O=C(c1cccs1)N1Cc2ccnn2[C@@H](CCOCC2CCOCC2)C1. The van der Waals surface area contributed by atoms with Gasteiger partial charge in [0.2, 0.25) is 0 Å². The van der Waals surface area contributed by atoms with Gasteiger partial charge in [0, 0.05) is 39.2 Å². The molecular formula is C19H25N3O3S. The highest BCUT2D eigenvalue weighted by Crippen LogP contribution is 2.25. The van der Waals surface area contributed by atoms with Gasteiger partial charge in [-0.2, -0.15) is 5.10 Å². The minimum Gasteiger partial charge on any atom is -0.381 e.